The van der Waals surface area contributed by atoms with Gasteiger partial charge in [0.05, 0.1) is 0 Å². The Morgan fingerprint density at radius 1 is 1.45 bits per heavy atom. The average Bonchev–Trinajstić information content (AvgIpc) is 2.64. The molecule has 1 saturated heterocycles. The van der Waals surface area contributed by atoms with Crippen molar-refractivity contribution in [2.75, 3.05) is 13.1 Å². The maximum atomic E-state index is 13.3. The molecule has 5 heteroatoms. The molecule has 1 fully saturated rings. The first-order chi connectivity index (χ1) is 9.70. The van der Waals surface area contributed by atoms with Gasteiger partial charge >= 0.3 is 0 Å². The van der Waals surface area contributed by atoms with Crippen LogP contribution in [0.15, 0.2) is 18.2 Å². The van der Waals surface area contributed by atoms with Crippen LogP contribution in [0, 0.1) is 5.82 Å². The number of halogens is 1. The molecule has 1 atom stereocenters. The van der Waals surface area contributed by atoms with E-state index in [9.17, 15) is 9.18 Å². The quantitative estimate of drug-likeness (QED) is 0.867. The van der Waals surface area contributed by atoms with Gasteiger partial charge < -0.3 is 15.4 Å². The molecular formula is C15H21FN2O2. The summed E-state index contributed by atoms with van der Waals surface area (Å²) in [5, 5.41) is 5.98. The molecule has 1 aromatic rings. The Kier molecular flexibility index (Phi) is 5.35. The van der Waals surface area contributed by atoms with E-state index in [4.69, 9.17) is 4.74 Å². The van der Waals surface area contributed by atoms with Crippen LogP contribution < -0.4 is 15.4 Å². The Morgan fingerprint density at radius 2 is 2.30 bits per heavy atom. The molecule has 0 aliphatic carbocycles. The molecular weight excluding hydrogens is 259 g/mol. The van der Waals surface area contributed by atoms with E-state index in [0.29, 0.717) is 25.3 Å². The first-order valence-electron chi connectivity index (χ1n) is 7.14. The van der Waals surface area contributed by atoms with Crippen molar-refractivity contribution < 1.29 is 13.9 Å². The standard InChI is InChI=1S/C15H21FN2O2/c1-2-17-10-11-9-12(16)6-7-13(11)20-14-5-3-4-8-18-15(14)19/h6-7,9,14,17H,2-5,8,10H2,1H3,(H,18,19). The highest BCUT2D eigenvalue weighted by Gasteiger charge is 2.23. The topological polar surface area (TPSA) is 50.4 Å². The van der Waals surface area contributed by atoms with Crippen LogP contribution in [0.4, 0.5) is 4.39 Å². The Hall–Kier alpha value is -1.62. The van der Waals surface area contributed by atoms with E-state index in [2.05, 4.69) is 10.6 Å². The van der Waals surface area contributed by atoms with Crippen LogP contribution in [-0.2, 0) is 11.3 Å². The third kappa shape index (κ3) is 3.93. The predicted molar refractivity (Wildman–Crippen MR) is 75.1 cm³/mol. The number of rotatable bonds is 5. The van der Waals surface area contributed by atoms with Gasteiger partial charge in [-0.25, -0.2) is 4.39 Å². The number of benzene rings is 1. The van der Waals surface area contributed by atoms with Gasteiger partial charge in [0.15, 0.2) is 6.10 Å². The van der Waals surface area contributed by atoms with Gasteiger partial charge in [-0.15, -0.1) is 0 Å². The average molecular weight is 280 g/mol. The van der Waals surface area contributed by atoms with Crippen LogP contribution >= 0.6 is 0 Å². The lowest BCUT2D eigenvalue weighted by atomic mass is 10.1. The van der Waals surface area contributed by atoms with Crippen molar-refractivity contribution in [1.82, 2.24) is 10.6 Å². The van der Waals surface area contributed by atoms with E-state index in [0.717, 1.165) is 24.9 Å². The summed E-state index contributed by atoms with van der Waals surface area (Å²) in [4.78, 5) is 11.9. The van der Waals surface area contributed by atoms with E-state index in [1.807, 2.05) is 6.92 Å². The van der Waals surface area contributed by atoms with E-state index in [1.165, 1.54) is 12.1 Å². The molecule has 2 N–H and O–H groups in total. The lowest BCUT2D eigenvalue weighted by Crippen LogP contribution is -2.36. The monoisotopic (exact) mass is 280 g/mol. The Bertz CT molecular complexity index is 465. The minimum Gasteiger partial charge on any atom is -0.480 e. The predicted octanol–water partition coefficient (Wildman–Crippen LogP) is 1.98. The van der Waals surface area contributed by atoms with Crippen LogP contribution in [0.25, 0.3) is 0 Å². The van der Waals surface area contributed by atoms with Gasteiger partial charge in [0, 0.05) is 18.7 Å². The van der Waals surface area contributed by atoms with Crippen molar-refractivity contribution in [3.05, 3.63) is 29.6 Å². The smallest absolute Gasteiger partial charge is 0.261 e. The second kappa shape index (κ2) is 7.24. The van der Waals surface area contributed by atoms with Crippen LogP contribution in [0.2, 0.25) is 0 Å². The molecule has 2 rings (SSSR count). The number of hydrogen-bond donors (Lipinski definition) is 2. The van der Waals surface area contributed by atoms with Crippen LogP contribution in [-0.4, -0.2) is 25.1 Å². The second-order valence-corrected chi connectivity index (χ2v) is 4.93. The number of carbonyl (C=O) groups excluding carboxylic acids is 1. The molecule has 1 aliphatic heterocycles. The third-order valence-corrected chi connectivity index (χ3v) is 3.34. The van der Waals surface area contributed by atoms with Gasteiger partial charge in [-0.05, 0) is 44.0 Å². The van der Waals surface area contributed by atoms with Gasteiger partial charge in [0.2, 0.25) is 0 Å². The number of amides is 1. The molecule has 1 aromatic carbocycles. The van der Waals surface area contributed by atoms with Crippen LogP contribution in [0.5, 0.6) is 5.75 Å². The van der Waals surface area contributed by atoms with E-state index in [-0.39, 0.29) is 11.7 Å². The summed E-state index contributed by atoms with van der Waals surface area (Å²) < 4.78 is 19.1. The van der Waals surface area contributed by atoms with Gasteiger partial charge in [-0.1, -0.05) is 6.92 Å². The van der Waals surface area contributed by atoms with Gasteiger partial charge in [-0.2, -0.15) is 0 Å². The normalized spacial score (nSPS) is 19.3. The highest BCUT2D eigenvalue weighted by molar-refractivity contribution is 5.81. The fourth-order valence-electron chi connectivity index (χ4n) is 2.24. The first kappa shape index (κ1) is 14.8. The van der Waals surface area contributed by atoms with Gasteiger partial charge in [0.25, 0.3) is 5.91 Å². The molecule has 1 heterocycles. The molecule has 0 spiro atoms. The fourth-order valence-corrected chi connectivity index (χ4v) is 2.24. The molecule has 1 unspecified atom stereocenters. The second-order valence-electron chi connectivity index (χ2n) is 4.93. The zero-order valence-electron chi connectivity index (χ0n) is 11.7. The van der Waals surface area contributed by atoms with Crippen molar-refractivity contribution in [3.8, 4) is 5.75 Å². The molecule has 4 nitrogen and oxygen atoms in total. The van der Waals surface area contributed by atoms with Gasteiger partial charge in [0.1, 0.15) is 11.6 Å². The number of carbonyl (C=O) groups is 1. The Morgan fingerprint density at radius 3 is 3.10 bits per heavy atom. The molecule has 1 amide bonds. The third-order valence-electron chi connectivity index (χ3n) is 3.34. The lowest BCUT2D eigenvalue weighted by molar-refractivity contribution is -0.127. The highest BCUT2D eigenvalue weighted by atomic mass is 19.1. The Balaban J connectivity index is 2.12. The van der Waals surface area contributed by atoms with Crippen molar-refractivity contribution in [1.29, 1.82) is 0 Å². The summed E-state index contributed by atoms with van der Waals surface area (Å²) in [6, 6.07) is 4.41. The van der Waals surface area contributed by atoms with E-state index < -0.39 is 6.10 Å². The maximum Gasteiger partial charge on any atom is 0.261 e. The summed E-state index contributed by atoms with van der Waals surface area (Å²) >= 11 is 0. The van der Waals surface area contributed by atoms with E-state index >= 15 is 0 Å². The van der Waals surface area contributed by atoms with Crippen molar-refractivity contribution in [2.45, 2.75) is 38.8 Å². The minimum absolute atomic E-state index is 0.0822. The Labute approximate surface area is 118 Å². The summed E-state index contributed by atoms with van der Waals surface area (Å²) in [7, 11) is 0. The SMILES string of the molecule is CCNCc1cc(F)ccc1OC1CCCCNC1=O. The zero-order valence-corrected chi connectivity index (χ0v) is 11.7. The van der Waals surface area contributed by atoms with E-state index in [1.54, 1.807) is 6.07 Å². The first-order valence-corrected chi connectivity index (χ1v) is 7.14. The molecule has 20 heavy (non-hydrogen) atoms. The summed E-state index contributed by atoms with van der Waals surface area (Å²) in [5.74, 6) is 0.200. The molecule has 0 radical (unpaired) electrons. The van der Waals surface area contributed by atoms with Crippen molar-refractivity contribution in [3.63, 3.8) is 0 Å². The molecule has 110 valence electrons. The highest BCUT2D eigenvalue weighted by Crippen LogP contribution is 2.23. The zero-order chi connectivity index (χ0) is 14.4. The number of nitrogens with one attached hydrogen (secondary N) is 2. The minimum atomic E-state index is -0.483. The summed E-state index contributed by atoms with van der Waals surface area (Å²) in [6.07, 6.45) is 2.14. The number of ether oxygens (including phenoxy) is 1. The summed E-state index contributed by atoms with van der Waals surface area (Å²) in [6.45, 7) is 4.00. The lowest BCUT2D eigenvalue weighted by Gasteiger charge is -2.18. The number of hydrogen-bond acceptors (Lipinski definition) is 3. The summed E-state index contributed by atoms with van der Waals surface area (Å²) in [5.41, 5.74) is 0.740. The fraction of sp³-hybridized carbons (Fsp3) is 0.533. The van der Waals surface area contributed by atoms with Crippen LogP contribution in [0.1, 0.15) is 31.7 Å². The molecule has 1 aliphatic rings. The molecule has 0 bridgehead atoms. The molecule has 0 saturated carbocycles. The van der Waals surface area contributed by atoms with Crippen molar-refractivity contribution >= 4 is 5.91 Å². The van der Waals surface area contributed by atoms with Crippen LogP contribution in [0.3, 0.4) is 0 Å². The maximum absolute atomic E-state index is 13.3. The largest absolute Gasteiger partial charge is 0.480 e. The van der Waals surface area contributed by atoms with Crippen molar-refractivity contribution in [2.24, 2.45) is 0 Å². The van der Waals surface area contributed by atoms with Gasteiger partial charge in [-0.3, -0.25) is 4.79 Å². The molecule has 0 aromatic heterocycles.